The second-order valence-corrected chi connectivity index (χ2v) is 8.67. The average molecular weight is 374 g/mol. The summed E-state index contributed by atoms with van der Waals surface area (Å²) in [6.07, 6.45) is 0.404. The fourth-order valence-electron chi connectivity index (χ4n) is 3.40. The zero-order chi connectivity index (χ0) is 18.1. The first-order valence-electron chi connectivity index (χ1n) is 8.71. The molecule has 26 heavy (non-hydrogen) atoms. The Morgan fingerprint density at radius 1 is 1.08 bits per heavy atom. The van der Waals surface area contributed by atoms with Crippen LogP contribution in [0.2, 0.25) is 0 Å². The van der Waals surface area contributed by atoms with Gasteiger partial charge in [-0.05, 0) is 29.7 Å². The van der Waals surface area contributed by atoms with Crippen LogP contribution >= 0.6 is 0 Å². The van der Waals surface area contributed by atoms with Crippen LogP contribution < -0.4 is 9.47 Å². The number of rotatable bonds is 4. The van der Waals surface area contributed by atoms with Crippen molar-refractivity contribution in [1.29, 1.82) is 0 Å². The van der Waals surface area contributed by atoms with Crippen LogP contribution in [0.3, 0.4) is 0 Å². The summed E-state index contributed by atoms with van der Waals surface area (Å²) in [6.45, 7) is 1.48. The Morgan fingerprint density at radius 3 is 2.58 bits per heavy atom. The summed E-state index contributed by atoms with van der Waals surface area (Å²) < 4.78 is 40.4. The first kappa shape index (κ1) is 17.3. The van der Waals surface area contributed by atoms with Gasteiger partial charge in [0.25, 0.3) is 10.2 Å². The number of ether oxygens (including phenoxy) is 2. The standard InChI is InChI=1S/C19H22N2O4S/c1-20(13-17-14-24-18-8-4-5-9-19(18)25-17)26(22,23)21-11-10-15-6-2-3-7-16(15)12-21/h2-9,17H,10-14H2,1H3. The molecule has 2 heterocycles. The molecular formula is C19H22N2O4S. The number of benzene rings is 2. The second-order valence-electron chi connectivity index (χ2n) is 6.64. The van der Waals surface area contributed by atoms with Crippen LogP contribution in [-0.4, -0.2) is 49.9 Å². The van der Waals surface area contributed by atoms with Crippen LogP contribution in [0.15, 0.2) is 48.5 Å². The van der Waals surface area contributed by atoms with Gasteiger partial charge in [-0.15, -0.1) is 0 Å². The molecule has 2 aliphatic rings. The lowest BCUT2D eigenvalue weighted by atomic mass is 10.0. The van der Waals surface area contributed by atoms with Crippen molar-refractivity contribution in [1.82, 2.24) is 8.61 Å². The SMILES string of the molecule is CN(CC1COc2ccccc2O1)S(=O)(=O)N1CCc2ccccc2C1. The molecule has 0 N–H and O–H groups in total. The topological polar surface area (TPSA) is 59.1 Å². The van der Waals surface area contributed by atoms with Gasteiger partial charge in [-0.2, -0.15) is 17.0 Å². The minimum Gasteiger partial charge on any atom is -0.486 e. The minimum absolute atomic E-state index is 0.245. The first-order valence-corrected chi connectivity index (χ1v) is 10.1. The van der Waals surface area contributed by atoms with E-state index < -0.39 is 10.2 Å². The van der Waals surface area contributed by atoms with E-state index >= 15 is 0 Å². The fourth-order valence-corrected chi connectivity index (χ4v) is 4.77. The lowest BCUT2D eigenvalue weighted by Gasteiger charge is -2.34. The molecule has 0 spiro atoms. The Bertz CT molecular complexity index is 900. The van der Waals surface area contributed by atoms with Gasteiger partial charge in [0.1, 0.15) is 12.7 Å². The summed E-state index contributed by atoms with van der Waals surface area (Å²) in [5.41, 5.74) is 2.30. The van der Waals surface area contributed by atoms with Gasteiger partial charge in [-0.1, -0.05) is 36.4 Å². The van der Waals surface area contributed by atoms with E-state index in [2.05, 4.69) is 6.07 Å². The Balaban J connectivity index is 1.44. The van der Waals surface area contributed by atoms with Crippen molar-refractivity contribution in [3.63, 3.8) is 0 Å². The molecule has 0 saturated heterocycles. The Morgan fingerprint density at radius 2 is 1.77 bits per heavy atom. The number of likely N-dealkylation sites (N-methyl/N-ethyl adjacent to an activating group) is 1. The summed E-state index contributed by atoms with van der Waals surface area (Å²) in [5.74, 6) is 1.35. The molecule has 0 radical (unpaired) electrons. The van der Waals surface area contributed by atoms with Gasteiger partial charge in [0.15, 0.2) is 11.5 Å². The van der Waals surface area contributed by atoms with Crippen molar-refractivity contribution in [2.75, 3.05) is 26.7 Å². The molecule has 0 bridgehead atoms. The predicted molar refractivity (Wildman–Crippen MR) is 98.5 cm³/mol. The molecule has 6 nitrogen and oxygen atoms in total. The molecule has 0 amide bonds. The highest BCUT2D eigenvalue weighted by atomic mass is 32.2. The molecule has 7 heteroatoms. The van der Waals surface area contributed by atoms with E-state index in [0.717, 1.165) is 12.0 Å². The van der Waals surface area contributed by atoms with E-state index in [0.29, 0.717) is 31.2 Å². The van der Waals surface area contributed by atoms with Gasteiger partial charge < -0.3 is 9.47 Å². The van der Waals surface area contributed by atoms with Crippen LogP contribution in [0.5, 0.6) is 11.5 Å². The molecule has 1 atom stereocenters. The Kier molecular flexibility index (Phi) is 4.60. The molecule has 138 valence electrons. The summed E-state index contributed by atoms with van der Waals surface area (Å²) in [4.78, 5) is 0. The third-order valence-electron chi connectivity index (χ3n) is 4.84. The fraction of sp³-hybridized carbons (Fsp3) is 0.368. The third kappa shape index (κ3) is 3.30. The van der Waals surface area contributed by atoms with Crippen molar-refractivity contribution >= 4 is 10.2 Å². The molecule has 0 aliphatic carbocycles. The largest absolute Gasteiger partial charge is 0.486 e. The Labute approximate surface area is 154 Å². The molecule has 0 saturated carbocycles. The highest BCUT2D eigenvalue weighted by molar-refractivity contribution is 7.86. The quantitative estimate of drug-likeness (QED) is 0.822. The number of para-hydroxylation sites is 2. The van der Waals surface area contributed by atoms with E-state index in [1.165, 1.54) is 14.2 Å². The number of hydrogen-bond acceptors (Lipinski definition) is 4. The highest BCUT2D eigenvalue weighted by Gasteiger charge is 2.33. The maximum absolute atomic E-state index is 13.0. The molecule has 2 aromatic carbocycles. The molecule has 2 aromatic rings. The van der Waals surface area contributed by atoms with E-state index in [1.807, 2.05) is 42.5 Å². The maximum Gasteiger partial charge on any atom is 0.282 e. The summed E-state index contributed by atoms with van der Waals surface area (Å²) in [5, 5.41) is 0. The van der Waals surface area contributed by atoms with Gasteiger partial charge >= 0.3 is 0 Å². The summed E-state index contributed by atoms with van der Waals surface area (Å²) in [6, 6.07) is 15.4. The number of fused-ring (bicyclic) bond motifs is 2. The van der Waals surface area contributed by atoms with Crippen LogP contribution in [0, 0.1) is 0 Å². The van der Waals surface area contributed by atoms with Crippen molar-refractivity contribution in [3.8, 4) is 11.5 Å². The zero-order valence-electron chi connectivity index (χ0n) is 14.7. The van der Waals surface area contributed by atoms with Crippen molar-refractivity contribution in [2.45, 2.75) is 19.1 Å². The monoisotopic (exact) mass is 374 g/mol. The predicted octanol–water partition coefficient (Wildman–Crippen LogP) is 2.06. The normalized spacial score (nSPS) is 20.0. The van der Waals surface area contributed by atoms with E-state index in [4.69, 9.17) is 9.47 Å². The second kappa shape index (κ2) is 6.90. The van der Waals surface area contributed by atoms with Crippen LogP contribution in [-0.2, 0) is 23.2 Å². The smallest absolute Gasteiger partial charge is 0.282 e. The Hall–Kier alpha value is -2.09. The van der Waals surface area contributed by atoms with Gasteiger partial charge in [-0.3, -0.25) is 0 Å². The van der Waals surface area contributed by atoms with Crippen molar-refractivity contribution in [2.24, 2.45) is 0 Å². The van der Waals surface area contributed by atoms with Gasteiger partial charge in [0.05, 0.1) is 6.54 Å². The summed E-state index contributed by atoms with van der Waals surface area (Å²) >= 11 is 0. The molecule has 2 aliphatic heterocycles. The molecule has 0 aromatic heterocycles. The molecule has 0 fully saturated rings. The summed E-state index contributed by atoms with van der Waals surface area (Å²) in [7, 11) is -1.95. The van der Waals surface area contributed by atoms with Gasteiger partial charge in [0.2, 0.25) is 0 Å². The van der Waals surface area contributed by atoms with Gasteiger partial charge in [-0.25, -0.2) is 0 Å². The third-order valence-corrected chi connectivity index (χ3v) is 6.75. The molecule has 4 rings (SSSR count). The molecular weight excluding hydrogens is 352 g/mol. The van der Waals surface area contributed by atoms with Crippen LogP contribution in [0.1, 0.15) is 11.1 Å². The lowest BCUT2D eigenvalue weighted by molar-refractivity contribution is 0.0786. The highest BCUT2D eigenvalue weighted by Crippen LogP contribution is 2.31. The van der Waals surface area contributed by atoms with E-state index in [-0.39, 0.29) is 12.6 Å². The van der Waals surface area contributed by atoms with Crippen molar-refractivity contribution in [3.05, 3.63) is 59.7 Å². The first-order chi connectivity index (χ1) is 12.5. The van der Waals surface area contributed by atoms with E-state index in [1.54, 1.807) is 7.05 Å². The van der Waals surface area contributed by atoms with Gasteiger partial charge in [0, 0.05) is 20.1 Å². The molecule has 1 unspecified atom stereocenters. The number of nitrogens with zero attached hydrogens (tertiary/aromatic N) is 2. The lowest BCUT2D eigenvalue weighted by Crippen LogP contribution is -2.48. The number of hydrogen-bond donors (Lipinski definition) is 0. The minimum atomic E-state index is -3.55. The van der Waals surface area contributed by atoms with Crippen molar-refractivity contribution < 1.29 is 17.9 Å². The van der Waals surface area contributed by atoms with E-state index in [9.17, 15) is 8.42 Å². The van der Waals surface area contributed by atoms with Crippen LogP contribution in [0.4, 0.5) is 0 Å². The average Bonchev–Trinajstić information content (AvgIpc) is 2.67. The maximum atomic E-state index is 13.0. The van der Waals surface area contributed by atoms with Crippen LogP contribution in [0.25, 0.3) is 0 Å². The zero-order valence-corrected chi connectivity index (χ0v) is 15.5.